The molecule has 0 aliphatic carbocycles. The van der Waals surface area contributed by atoms with Crippen LogP contribution in [0.2, 0.25) is 0 Å². The third-order valence-corrected chi connectivity index (χ3v) is 3.40. The van der Waals surface area contributed by atoms with Gasteiger partial charge in [0.15, 0.2) is 0 Å². The van der Waals surface area contributed by atoms with Gasteiger partial charge in [0.2, 0.25) is 0 Å². The molecule has 0 aliphatic rings. The molecule has 1 amide bonds. The Balaban J connectivity index is 2.23. The van der Waals surface area contributed by atoms with E-state index in [0.717, 1.165) is 10.9 Å². The SMILES string of the molecule is COc1cccc2[nH]c(C(=O)N[C@@H](CC(C)C)C(=O)O)cc12. The van der Waals surface area contributed by atoms with Gasteiger partial charge >= 0.3 is 5.97 Å². The maximum Gasteiger partial charge on any atom is 0.326 e. The van der Waals surface area contributed by atoms with Crippen LogP contribution in [-0.2, 0) is 4.79 Å². The Labute approximate surface area is 128 Å². The first kappa shape index (κ1) is 15.9. The number of aromatic nitrogens is 1. The molecule has 118 valence electrons. The zero-order valence-corrected chi connectivity index (χ0v) is 12.8. The average Bonchev–Trinajstić information content (AvgIpc) is 2.89. The van der Waals surface area contributed by atoms with Gasteiger partial charge in [0.05, 0.1) is 7.11 Å². The topological polar surface area (TPSA) is 91.4 Å². The van der Waals surface area contributed by atoms with E-state index in [2.05, 4.69) is 10.3 Å². The predicted molar refractivity (Wildman–Crippen MR) is 83.2 cm³/mol. The van der Waals surface area contributed by atoms with Gasteiger partial charge in [-0.05, 0) is 30.5 Å². The fourth-order valence-electron chi connectivity index (χ4n) is 2.36. The Morgan fingerprint density at radius 2 is 2.09 bits per heavy atom. The van der Waals surface area contributed by atoms with Crippen LogP contribution in [-0.4, -0.2) is 35.1 Å². The number of nitrogens with one attached hydrogen (secondary N) is 2. The van der Waals surface area contributed by atoms with Crippen molar-refractivity contribution in [2.45, 2.75) is 26.3 Å². The second kappa shape index (κ2) is 6.51. The number of carboxylic acids is 1. The monoisotopic (exact) mass is 304 g/mol. The van der Waals surface area contributed by atoms with Gasteiger partial charge in [-0.15, -0.1) is 0 Å². The number of H-pyrrole nitrogens is 1. The lowest BCUT2D eigenvalue weighted by atomic mass is 10.0. The van der Waals surface area contributed by atoms with Gasteiger partial charge in [0.25, 0.3) is 5.91 Å². The number of carbonyl (C=O) groups is 2. The van der Waals surface area contributed by atoms with E-state index < -0.39 is 17.9 Å². The van der Waals surface area contributed by atoms with Crippen LogP contribution >= 0.6 is 0 Å². The van der Waals surface area contributed by atoms with Gasteiger partial charge in [-0.25, -0.2) is 4.79 Å². The standard InChI is InChI=1S/C16H20N2O4/c1-9(2)7-13(16(20)21)18-15(19)12-8-10-11(17-12)5-4-6-14(10)22-3/h4-6,8-9,13,17H,7H2,1-3H3,(H,18,19)(H,20,21)/t13-/m0/s1. The minimum atomic E-state index is -1.03. The van der Waals surface area contributed by atoms with Gasteiger partial charge in [-0.1, -0.05) is 19.9 Å². The molecular weight excluding hydrogens is 284 g/mol. The number of fused-ring (bicyclic) bond motifs is 1. The van der Waals surface area contributed by atoms with Gasteiger partial charge in [0, 0.05) is 10.9 Å². The fraction of sp³-hybridized carbons (Fsp3) is 0.375. The quantitative estimate of drug-likeness (QED) is 0.764. The van der Waals surface area contributed by atoms with Crippen LogP contribution in [0, 0.1) is 5.92 Å². The van der Waals surface area contributed by atoms with Gasteiger partial charge in [-0.2, -0.15) is 0 Å². The maximum absolute atomic E-state index is 12.3. The van der Waals surface area contributed by atoms with Crippen molar-refractivity contribution in [2.75, 3.05) is 7.11 Å². The van der Waals surface area contributed by atoms with Crippen molar-refractivity contribution < 1.29 is 19.4 Å². The minimum absolute atomic E-state index is 0.171. The highest BCUT2D eigenvalue weighted by Gasteiger charge is 2.22. The zero-order valence-electron chi connectivity index (χ0n) is 12.8. The molecule has 2 rings (SSSR count). The lowest BCUT2D eigenvalue weighted by Crippen LogP contribution is -2.41. The minimum Gasteiger partial charge on any atom is -0.496 e. The Kier molecular flexibility index (Phi) is 4.70. The molecule has 0 aliphatic heterocycles. The lowest BCUT2D eigenvalue weighted by Gasteiger charge is -2.15. The summed E-state index contributed by atoms with van der Waals surface area (Å²) < 4.78 is 5.25. The first-order valence-electron chi connectivity index (χ1n) is 7.11. The van der Waals surface area contributed by atoms with E-state index in [1.54, 1.807) is 19.2 Å². The Hall–Kier alpha value is -2.50. The van der Waals surface area contributed by atoms with Crippen molar-refractivity contribution in [3.63, 3.8) is 0 Å². The summed E-state index contributed by atoms with van der Waals surface area (Å²) in [5.74, 6) is -0.643. The van der Waals surface area contributed by atoms with Crippen molar-refractivity contribution >= 4 is 22.8 Å². The molecule has 6 nitrogen and oxygen atoms in total. The number of hydrogen-bond donors (Lipinski definition) is 3. The molecule has 0 spiro atoms. The number of benzene rings is 1. The Bertz CT molecular complexity index is 691. The van der Waals surface area contributed by atoms with Gasteiger partial charge in [-0.3, -0.25) is 4.79 Å². The molecule has 6 heteroatoms. The summed E-state index contributed by atoms with van der Waals surface area (Å²) in [5, 5.41) is 12.5. The third-order valence-electron chi connectivity index (χ3n) is 3.40. The molecule has 3 N–H and O–H groups in total. The number of methoxy groups -OCH3 is 1. The van der Waals surface area contributed by atoms with Crippen molar-refractivity contribution in [3.05, 3.63) is 30.0 Å². The molecule has 0 fully saturated rings. The number of carbonyl (C=O) groups excluding carboxylic acids is 1. The largest absolute Gasteiger partial charge is 0.496 e. The highest BCUT2D eigenvalue weighted by atomic mass is 16.5. The van der Waals surface area contributed by atoms with E-state index in [4.69, 9.17) is 4.74 Å². The molecule has 1 aromatic carbocycles. The number of rotatable bonds is 6. The Morgan fingerprint density at radius 1 is 1.36 bits per heavy atom. The van der Waals surface area contributed by atoms with Crippen molar-refractivity contribution in [1.29, 1.82) is 0 Å². The number of ether oxygens (including phenoxy) is 1. The highest BCUT2D eigenvalue weighted by Crippen LogP contribution is 2.26. The van der Waals surface area contributed by atoms with Crippen LogP contribution < -0.4 is 10.1 Å². The fourth-order valence-corrected chi connectivity index (χ4v) is 2.36. The highest BCUT2D eigenvalue weighted by molar-refractivity contribution is 6.00. The number of amides is 1. The first-order valence-corrected chi connectivity index (χ1v) is 7.11. The van der Waals surface area contributed by atoms with Crippen LogP contribution in [0.1, 0.15) is 30.8 Å². The van der Waals surface area contributed by atoms with Crippen molar-refractivity contribution in [3.8, 4) is 5.75 Å². The Morgan fingerprint density at radius 3 is 2.68 bits per heavy atom. The van der Waals surface area contributed by atoms with E-state index in [9.17, 15) is 14.7 Å². The summed E-state index contributed by atoms with van der Waals surface area (Å²) >= 11 is 0. The molecule has 0 saturated carbocycles. The molecule has 22 heavy (non-hydrogen) atoms. The summed E-state index contributed by atoms with van der Waals surface area (Å²) in [5.41, 5.74) is 1.08. The number of aliphatic carboxylic acids is 1. The van der Waals surface area contributed by atoms with Crippen LogP contribution in [0.4, 0.5) is 0 Å². The van der Waals surface area contributed by atoms with E-state index in [-0.39, 0.29) is 5.92 Å². The number of aromatic amines is 1. The summed E-state index contributed by atoms with van der Waals surface area (Å²) in [6, 6.07) is 6.21. The zero-order chi connectivity index (χ0) is 16.3. The maximum atomic E-state index is 12.3. The average molecular weight is 304 g/mol. The molecule has 2 aromatic rings. The van der Waals surface area contributed by atoms with E-state index in [0.29, 0.717) is 17.9 Å². The second-order valence-corrected chi connectivity index (χ2v) is 5.60. The first-order chi connectivity index (χ1) is 10.4. The smallest absolute Gasteiger partial charge is 0.326 e. The van der Waals surface area contributed by atoms with Gasteiger partial charge in [0.1, 0.15) is 17.5 Å². The van der Waals surface area contributed by atoms with Gasteiger partial charge < -0.3 is 20.1 Å². The summed E-state index contributed by atoms with van der Waals surface area (Å²) in [7, 11) is 1.56. The van der Waals surface area contributed by atoms with Crippen LogP contribution in [0.25, 0.3) is 10.9 Å². The van der Waals surface area contributed by atoms with E-state index >= 15 is 0 Å². The number of carboxylic acid groups (broad SMARTS) is 1. The third kappa shape index (κ3) is 3.39. The van der Waals surface area contributed by atoms with Crippen molar-refractivity contribution in [2.24, 2.45) is 5.92 Å². The molecule has 1 heterocycles. The van der Waals surface area contributed by atoms with Crippen LogP contribution in [0.5, 0.6) is 5.75 Å². The second-order valence-electron chi connectivity index (χ2n) is 5.60. The predicted octanol–water partition coefficient (Wildman–Crippen LogP) is 2.41. The summed E-state index contributed by atoms with van der Waals surface area (Å²) in [6.45, 7) is 3.83. The lowest BCUT2D eigenvalue weighted by molar-refractivity contribution is -0.139. The summed E-state index contributed by atoms with van der Waals surface area (Å²) in [6.07, 6.45) is 0.380. The molecule has 0 saturated heterocycles. The molecular formula is C16H20N2O4. The van der Waals surface area contributed by atoms with E-state index in [1.807, 2.05) is 26.0 Å². The summed E-state index contributed by atoms with van der Waals surface area (Å²) in [4.78, 5) is 26.5. The molecule has 0 radical (unpaired) electrons. The normalized spacial score (nSPS) is 12.4. The van der Waals surface area contributed by atoms with Crippen LogP contribution in [0.3, 0.4) is 0 Å². The molecule has 1 aromatic heterocycles. The molecule has 0 unspecified atom stereocenters. The van der Waals surface area contributed by atoms with E-state index in [1.165, 1.54) is 0 Å². The molecule has 0 bridgehead atoms. The van der Waals surface area contributed by atoms with Crippen LogP contribution in [0.15, 0.2) is 24.3 Å². The number of hydrogen-bond acceptors (Lipinski definition) is 3. The molecule has 1 atom stereocenters. The van der Waals surface area contributed by atoms with Crippen molar-refractivity contribution in [1.82, 2.24) is 10.3 Å².